The van der Waals surface area contributed by atoms with Crippen molar-refractivity contribution < 1.29 is 52.1 Å². The van der Waals surface area contributed by atoms with E-state index < -0.39 is 94.4 Å². The van der Waals surface area contributed by atoms with Crippen molar-refractivity contribution in [1.29, 1.82) is 0 Å². The Balaban J connectivity index is 1.84. The topological polar surface area (TPSA) is 234 Å². The predicted octanol–water partition coefficient (Wildman–Crippen LogP) is 1.70. The van der Waals surface area contributed by atoms with Crippen molar-refractivity contribution in [2.75, 3.05) is 6.26 Å². The molecule has 4 atom stereocenters. The van der Waals surface area contributed by atoms with E-state index in [0.717, 1.165) is 28.9 Å². The van der Waals surface area contributed by atoms with Crippen molar-refractivity contribution >= 4 is 45.6 Å². The summed E-state index contributed by atoms with van der Waals surface area (Å²) in [5.74, 6) is -5.94. The SMILES string of the molecule is CC(C)C(NC(=O)C(NC(=O)C(CCC(=O)O)NC(=O)OCc1ccccc1)C1Cc2ccccc2C1)C(=O)NC(C=CS(C)(=O)=O)CC(=O)O. The summed E-state index contributed by atoms with van der Waals surface area (Å²) >= 11 is 0. The molecule has 16 heteroatoms. The van der Waals surface area contributed by atoms with Crippen LogP contribution < -0.4 is 21.3 Å². The molecular formula is C35H44N4O11S. The molecule has 2 aromatic rings. The van der Waals surface area contributed by atoms with E-state index in [1.807, 2.05) is 24.3 Å². The summed E-state index contributed by atoms with van der Waals surface area (Å²) in [6.45, 7) is 3.16. The highest BCUT2D eigenvalue weighted by Crippen LogP contribution is 2.29. The van der Waals surface area contributed by atoms with Crippen LogP contribution >= 0.6 is 0 Å². The molecule has 0 saturated heterocycles. The monoisotopic (exact) mass is 728 g/mol. The van der Waals surface area contributed by atoms with Crippen molar-refractivity contribution in [2.24, 2.45) is 11.8 Å². The number of hydrogen-bond acceptors (Lipinski definition) is 9. The first kappa shape index (κ1) is 40.2. The summed E-state index contributed by atoms with van der Waals surface area (Å²) in [6.07, 6.45) is 0.310. The van der Waals surface area contributed by atoms with Crippen molar-refractivity contribution in [3.63, 3.8) is 0 Å². The highest BCUT2D eigenvalue weighted by molar-refractivity contribution is 7.93. The fourth-order valence-corrected chi connectivity index (χ4v) is 6.04. The average Bonchev–Trinajstić information content (AvgIpc) is 3.49. The smallest absolute Gasteiger partial charge is 0.408 e. The number of carboxylic acids is 2. The predicted molar refractivity (Wildman–Crippen MR) is 185 cm³/mol. The molecule has 2 aromatic carbocycles. The second-order valence-corrected chi connectivity index (χ2v) is 14.6. The summed E-state index contributed by atoms with van der Waals surface area (Å²) in [5.41, 5.74) is 2.58. The van der Waals surface area contributed by atoms with Gasteiger partial charge in [-0.1, -0.05) is 74.5 Å². The lowest BCUT2D eigenvalue weighted by atomic mass is 9.93. The van der Waals surface area contributed by atoms with Crippen molar-refractivity contribution in [1.82, 2.24) is 21.3 Å². The number of carbonyl (C=O) groups excluding carboxylic acids is 4. The fraction of sp³-hybridized carbons (Fsp3) is 0.429. The second-order valence-electron chi connectivity index (χ2n) is 12.7. The van der Waals surface area contributed by atoms with Gasteiger partial charge in [0, 0.05) is 18.1 Å². The van der Waals surface area contributed by atoms with E-state index in [9.17, 15) is 47.4 Å². The molecule has 3 rings (SSSR count). The van der Waals surface area contributed by atoms with E-state index in [1.54, 1.807) is 44.2 Å². The number of fused-ring (bicyclic) bond motifs is 1. The van der Waals surface area contributed by atoms with E-state index in [-0.39, 0.29) is 13.0 Å². The Labute approximate surface area is 296 Å². The maximum absolute atomic E-state index is 14.0. The Bertz CT molecular complexity index is 1690. The minimum absolute atomic E-state index is 0.110. The van der Waals surface area contributed by atoms with Gasteiger partial charge in [0.1, 0.15) is 24.7 Å². The lowest BCUT2D eigenvalue weighted by Gasteiger charge is -2.30. The van der Waals surface area contributed by atoms with Crippen LogP contribution in [0.2, 0.25) is 0 Å². The van der Waals surface area contributed by atoms with Crippen LogP contribution in [0.15, 0.2) is 66.1 Å². The van der Waals surface area contributed by atoms with Crippen molar-refractivity contribution in [3.05, 3.63) is 82.8 Å². The zero-order chi connectivity index (χ0) is 37.7. The number of nitrogens with one attached hydrogen (secondary N) is 4. The molecule has 4 unspecified atom stereocenters. The largest absolute Gasteiger partial charge is 0.481 e. The average molecular weight is 729 g/mol. The van der Waals surface area contributed by atoms with Gasteiger partial charge in [0.25, 0.3) is 0 Å². The zero-order valence-electron chi connectivity index (χ0n) is 28.5. The first-order valence-corrected chi connectivity index (χ1v) is 18.2. The van der Waals surface area contributed by atoms with E-state index in [0.29, 0.717) is 18.4 Å². The molecule has 4 amide bonds. The van der Waals surface area contributed by atoms with Gasteiger partial charge in [-0.2, -0.15) is 0 Å². The Morgan fingerprint density at radius 2 is 1.43 bits per heavy atom. The Hall–Kier alpha value is -5.25. The minimum atomic E-state index is -3.64. The molecular weight excluding hydrogens is 684 g/mol. The molecule has 15 nitrogen and oxygen atoms in total. The lowest BCUT2D eigenvalue weighted by molar-refractivity contribution is -0.138. The van der Waals surface area contributed by atoms with E-state index in [4.69, 9.17) is 4.74 Å². The minimum Gasteiger partial charge on any atom is -0.481 e. The Morgan fingerprint density at radius 1 is 0.824 bits per heavy atom. The summed E-state index contributed by atoms with van der Waals surface area (Å²) in [5, 5.41) is 29.6. The molecule has 0 spiro atoms. The zero-order valence-corrected chi connectivity index (χ0v) is 29.4. The normalized spacial score (nSPS) is 15.2. The van der Waals surface area contributed by atoms with Crippen LogP contribution in [-0.2, 0) is 58.0 Å². The van der Waals surface area contributed by atoms with Crippen LogP contribution in [0.3, 0.4) is 0 Å². The molecule has 0 fully saturated rings. The molecule has 1 aliphatic carbocycles. The lowest BCUT2D eigenvalue weighted by Crippen LogP contribution is -2.60. The van der Waals surface area contributed by atoms with E-state index in [1.165, 1.54) is 0 Å². The number of alkyl carbamates (subject to hydrolysis) is 1. The number of carbonyl (C=O) groups is 6. The number of carboxylic acid groups (broad SMARTS) is 2. The molecule has 276 valence electrons. The number of benzene rings is 2. The quantitative estimate of drug-likeness (QED) is 0.129. The van der Waals surface area contributed by atoms with Gasteiger partial charge in [0.05, 0.1) is 12.5 Å². The third-order valence-corrected chi connectivity index (χ3v) is 8.78. The molecule has 0 radical (unpaired) electrons. The van der Waals surface area contributed by atoms with Crippen LogP contribution in [0.25, 0.3) is 0 Å². The highest BCUT2D eigenvalue weighted by atomic mass is 32.2. The summed E-state index contributed by atoms with van der Waals surface area (Å²) in [4.78, 5) is 76.7. The summed E-state index contributed by atoms with van der Waals surface area (Å²) in [6, 6.07) is 11.1. The van der Waals surface area contributed by atoms with Crippen LogP contribution in [0.1, 0.15) is 49.8 Å². The number of aliphatic carboxylic acids is 2. The third-order valence-electron chi connectivity index (χ3n) is 8.13. The molecule has 6 N–H and O–H groups in total. The molecule has 1 aliphatic rings. The number of ether oxygens (including phenoxy) is 1. The molecule has 0 bridgehead atoms. The van der Waals surface area contributed by atoms with Gasteiger partial charge < -0.3 is 36.2 Å². The summed E-state index contributed by atoms with van der Waals surface area (Å²) in [7, 11) is -3.64. The van der Waals surface area contributed by atoms with Gasteiger partial charge in [0.2, 0.25) is 17.7 Å². The Morgan fingerprint density at radius 3 is 1.98 bits per heavy atom. The molecule has 0 aliphatic heterocycles. The van der Waals surface area contributed by atoms with Crippen molar-refractivity contribution in [2.45, 2.75) is 76.7 Å². The Kier molecular flexibility index (Phi) is 14.7. The number of sulfone groups is 1. The highest BCUT2D eigenvalue weighted by Gasteiger charge is 2.38. The van der Waals surface area contributed by atoms with Crippen molar-refractivity contribution in [3.8, 4) is 0 Å². The van der Waals surface area contributed by atoms with Gasteiger partial charge >= 0.3 is 18.0 Å². The molecule has 51 heavy (non-hydrogen) atoms. The van der Waals surface area contributed by atoms with Crippen LogP contribution in [0, 0.1) is 11.8 Å². The molecule has 0 aromatic heterocycles. The standard InChI is InChI=1S/C35H44N4O11S/c1-21(2)30(33(45)36-26(19-29(42)43)15-16-51(3,48)49)38-34(46)31(25-17-23-11-7-8-12-24(23)18-25)39-32(44)27(13-14-28(40)41)37-35(47)50-20-22-9-5-4-6-10-22/h4-12,15-16,21,25-27,30-31H,13-14,17-20H2,1-3H3,(H,36,45)(H,37,47)(H,38,46)(H,39,44)(H,40,41)(H,42,43). The van der Waals surface area contributed by atoms with E-state index >= 15 is 0 Å². The third kappa shape index (κ3) is 13.5. The number of rotatable bonds is 18. The maximum atomic E-state index is 14.0. The van der Waals surface area contributed by atoms with Gasteiger partial charge in [-0.25, -0.2) is 13.2 Å². The molecule has 0 heterocycles. The fourth-order valence-electron chi connectivity index (χ4n) is 5.57. The molecule has 0 saturated carbocycles. The number of amides is 4. The van der Waals surface area contributed by atoms with Crippen LogP contribution in [0.5, 0.6) is 0 Å². The second kappa shape index (κ2) is 18.7. The van der Waals surface area contributed by atoms with Crippen LogP contribution in [-0.4, -0.2) is 84.8 Å². The maximum Gasteiger partial charge on any atom is 0.408 e. The first-order valence-electron chi connectivity index (χ1n) is 16.3. The first-order chi connectivity index (χ1) is 24.0. The van der Waals surface area contributed by atoms with Gasteiger partial charge in [-0.3, -0.25) is 24.0 Å². The summed E-state index contributed by atoms with van der Waals surface area (Å²) < 4.78 is 28.5. The van der Waals surface area contributed by atoms with Crippen LogP contribution in [0.4, 0.5) is 4.79 Å². The van der Waals surface area contributed by atoms with Gasteiger partial charge in [-0.05, 0) is 47.8 Å². The van der Waals surface area contributed by atoms with Gasteiger partial charge in [-0.15, -0.1) is 0 Å². The number of hydrogen-bond donors (Lipinski definition) is 6. The van der Waals surface area contributed by atoms with E-state index in [2.05, 4.69) is 21.3 Å². The van der Waals surface area contributed by atoms with Gasteiger partial charge in [0.15, 0.2) is 9.84 Å².